The van der Waals surface area contributed by atoms with Gasteiger partial charge in [0, 0.05) is 22.6 Å². The van der Waals surface area contributed by atoms with Crippen LogP contribution in [0, 0.1) is 34.6 Å². The largest absolute Gasteiger partial charge is 0.318 e. The molecule has 0 saturated heterocycles. The predicted molar refractivity (Wildman–Crippen MR) is 153 cm³/mol. The number of hydrogen-bond acceptors (Lipinski definition) is 4. The first kappa shape index (κ1) is 26.9. The first-order valence-corrected chi connectivity index (χ1v) is 13.7. The third-order valence-electron chi connectivity index (χ3n) is 6.40. The van der Waals surface area contributed by atoms with Gasteiger partial charge >= 0.3 is 0 Å². The number of aryl methyl sites for hydroxylation is 4. The summed E-state index contributed by atoms with van der Waals surface area (Å²) in [4.78, 5) is 13.1. The third-order valence-corrected chi connectivity index (χ3v) is 8.18. The molecular formula is C30H32N4O3S. The van der Waals surface area contributed by atoms with E-state index in [4.69, 9.17) is 0 Å². The molecule has 1 N–H and O–H groups in total. The molecule has 0 fully saturated rings. The predicted octanol–water partition coefficient (Wildman–Crippen LogP) is 5.37. The van der Waals surface area contributed by atoms with Gasteiger partial charge in [-0.25, -0.2) is 13.8 Å². The normalized spacial score (nSPS) is 11.6. The summed E-state index contributed by atoms with van der Waals surface area (Å²) in [6.07, 6.45) is 1.58. The third kappa shape index (κ3) is 5.70. The zero-order valence-electron chi connectivity index (χ0n) is 22.3. The highest BCUT2D eigenvalue weighted by Crippen LogP contribution is 2.27. The van der Waals surface area contributed by atoms with E-state index in [1.165, 1.54) is 0 Å². The van der Waals surface area contributed by atoms with Crippen LogP contribution in [0.25, 0.3) is 5.69 Å². The van der Waals surface area contributed by atoms with Crippen molar-refractivity contribution in [3.63, 3.8) is 0 Å². The fourth-order valence-electron chi connectivity index (χ4n) is 4.40. The number of hydrazone groups is 1. The Morgan fingerprint density at radius 1 is 0.895 bits per heavy atom. The number of rotatable bonds is 8. The Hall–Kier alpha value is -4.17. The summed E-state index contributed by atoms with van der Waals surface area (Å²) in [6.45, 7) is 9.34. The van der Waals surface area contributed by atoms with Crippen molar-refractivity contribution in [2.45, 2.75) is 39.5 Å². The van der Waals surface area contributed by atoms with E-state index in [2.05, 4.69) is 34.2 Å². The Kier molecular flexibility index (Phi) is 7.83. The van der Waals surface area contributed by atoms with E-state index in [0.29, 0.717) is 5.69 Å². The number of para-hydroxylation sites is 1. The topological polar surface area (TPSA) is 83.8 Å². The molecule has 0 unspecified atom stereocenters. The van der Waals surface area contributed by atoms with E-state index < -0.39 is 22.5 Å². The van der Waals surface area contributed by atoms with Crippen LogP contribution in [0.2, 0.25) is 0 Å². The molecule has 1 amide bonds. The number of carbonyl (C=O) groups excluding carboxylic acids is 1. The van der Waals surface area contributed by atoms with Crippen molar-refractivity contribution in [3.05, 3.63) is 113 Å². The summed E-state index contributed by atoms with van der Waals surface area (Å²) in [7, 11) is -3.99. The van der Waals surface area contributed by atoms with Crippen molar-refractivity contribution in [1.29, 1.82) is 0 Å². The van der Waals surface area contributed by atoms with Crippen LogP contribution in [0.1, 0.15) is 33.6 Å². The van der Waals surface area contributed by atoms with Crippen molar-refractivity contribution >= 4 is 27.8 Å². The maximum atomic E-state index is 13.6. The molecule has 3 aromatic carbocycles. The Bertz CT molecular complexity index is 1600. The molecule has 0 bridgehead atoms. The van der Waals surface area contributed by atoms with Gasteiger partial charge in [0.15, 0.2) is 0 Å². The lowest BCUT2D eigenvalue weighted by Gasteiger charge is -2.25. The quantitative estimate of drug-likeness (QED) is 0.247. The zero-order valence-corrected chi connectivity index (χ0v) is 23.1. The van der Waals surface area contributed by atoms with Gasteiger partial charge in [0.2, 0.25) is 0 Å². The number of carbonyl (C=O) groups is 1. The first-order valence-electron chi connectivity index (χ1n) is 12.3. The summed E-state index contributed by atoms with van der Waals surface area (Å²) >= 11 is 0. The fourth-order valence-corrected chi connectivity index (χ4v) is 5.89. The Morgan fingerprint density at radius 2 is 1.61 bits per heavy atom. The molecule has 38 heavy (non-hydrogen) atoms. The van der Waals surface area contributed by atoms with Crippen LogP contribution in [-0.4, -0.2) is 31.7 Å². The molecule has 0 atom stereocenters. The molecule has 0 aliphatic rings. The second-order valence-corrected chi connectivity index (χ2v) is 11.3. The van der Waals surface area contributed by atoms with Gasteiger partial charge in [-0.3, -0.25) is 9.10 Å². The minimum atomic E-state index is -3.99. The van der Waals surface area contributed by atoms with E-state index in [0.717, 1.165) is 43.6 Å². The van der Waals surface area contributed by atoms with Gasteiger partial charge in [0.25, 0.3) is 15.9 Å². The Labute approximate surface area is 224 Å². The SMILES string of the molecule is Cc1ccc(S(=O)(=O)N(CC(=O)N/N=C/c2cc(C)n(-c3cccc(C)c3)c2C)c2ccccc2C)cc1. The van der Waals surface area contributed by atoms with Gasteiger partial charge in [0.1, 0.15) is 6.54 Å². The van der Waals surface area contributed by atoms with E-state index in [1.54, 1.807) is 42.6 Å². The molecule has 0 saturated carbocycles. The molecule has 0 aliphatic heterocycles. The van der Waals surface area contributed by atoms with E-state index in [1.807, 2.05) is 58.0 Å². The van der Waals surface area contributed by atoms with Crippen LogP contribution in [0.4, 0.5) is 5.69 Å². The number of hydrogen-bond donors (Lipinski definition) is 1. The summed E-state index contributed by atoms with van der Waals surface area (Å²) in [6, 6.07) is 23.9. The minimum absolute atomic E-state index is 0.117. The average molecular weight is 529 g/mol. The van der Waals surface area contributed by atoms with E-state index in [-0.39, 0.29) is 4.90 Å². The van der Waals surface area contributed by atoms with Gasteiger partial charge in [-0.1, -0.05) is 48.0 Å². The van der Waals surface area contributed by atoms with Crippen molar-refractivity contribution in [1.82, 2.24) is 9.99 Å². The fraction of sp³-hybridized carbons (Fsp3) is 0.200. The van der Waals surface area contributed by atoms with Gasteiger partial charge in [-0.15, -0.1) is 0 Å². The van der Waals surface area contributed by atoms with Gasteiger partial charge in [-0.2, -0.15) is 5.10 Å². The monoisotopic (exact) mass is 528 g/mol. The van der Waals surface area contributed by atoms with Crippen LogP contribution in [0.3, 0.4) is 0 Å². The molecule has 0 aliphatic carbocycles. The second kappa shape index (κ2) is 11.1. The molecule has 0 radical (unpaired) electrons. The molecule has 4 rings (SSSR count). The molecule has 8 heteroatoms. The summed E-state index contributed by atoms with van der Waals surface area (Å²) in [5.74, 6) is -0.548. The number of anilines is 1. The van der Waals surface area contributed by atoms with E-state index in [9.17, 15) is 13.2 Å². The van der Waals surface area contributed by atoms with Crippen LogP contribution >= 0.6 is 0 Å². The highest BCUT2D eigenvalue weighted by atomic mass is 32.2. The number of aromatic nitrogens is 1. The molecule has 196 valence electrons. The highest BCUT2D eigenvalue weighted by Gasteiger charge is 2.28. The van der Waals surface area contributed by atoms with Gasteiger partial charge < -0.3 is 4.57 Å². The second-order valence-electron chi connectivity index (χ2n) is 9.41. The van der Waals surface area contributed by atoms with Crippen molar-refractivity contribution in [2.75, 3.05) is 10.8 Å². The molecule has 0 spiro atoms. The number of sulfonamides is 1. The number of nitrogens with one attached hydrogen (secondary N) is 1. The summed E-state index contributed by atoms with van der Waals surface area (Å²) in [5.41, 5.74) is 9.72. The summed E-state index contributed by atoms with van der Waals surface area (Å²) in [5, 5.41) is 4.14. The van der Waals surface area contributed by atoms with Crippen molar-refractivity contribution in [2.24, 2.45) is 5.10 Å². The zero-order chi connectivity index (χ0) is 27.4. The first-order chi connectivity index (χ1) is 18.1. The Morgan fingerprint density at radius 3 is 2.29 bits per heavy atom. The highest BCUT2D eigenvalue weighted by molar-refractivity contribution is 7.92. The smallest absolute Gasteiger partial charge is 0.264 e. The van der Waals surface area contributed by atoms with Crippen molar-refractivity contribution in [3.8, 4) is 5.69 Å². The number of benzene rings is 3. The standard InChI is InChI=1S/C30H32N4O3S/c1-21-13-15-28(16-14-21)38(36,37)33(29-12-7-6-10-23(29)3)20-30(35)32-31-19-26-18-24(4)34(25(26)5)27-11-8-9-22(2)17-27/h6-19H,20H2,1-5H3,(H,32,35)/b31-19+. The van der Waals surface area contributed by atoms with E-state index >= 15 is 0 Å². The van der Waals surface area contributed by atoms with Gasteiger partial charge in [0.05, 0.1) is 16.8 Å². The summed E-state index contributed by atoms with van der Waals surface area (Å²) < 4.78 is 30.4. The van der Waals surface area contributed by atoms with Crippen LogP contribution in [-0.2, 0) is 14.8 Å². The van der Waals surface area contributed by atoms with Crippen molar-refractivity contribution < 1.29 is 13.2 Å². The molecule has 4 aromatic rings. The maximum Gasteiger partial charge on any atom is 0.264 e. The maximum absolute atomic E-state index is 13.6. The lowest BCUT2D eigenvalue weighted by molar-refractivity contribution is -0.119. The average Bonchev–Trinajstić information content (AvgIpc) is 3.16. The molecule has 1 heterocycles. The van der Waals surface area contributed by atoms with Crippen LogP contribution in [0.5, 0.6) is 0 Å². The van der Waals surface area contributed by atoms with Crippen LogP contribution in [0.15, 0.2) is 88.9 Å². The molecular weight excluding hydrogens is 496 g/mol. The number of nitrogens with zero attached hydrogens (tertiary/aromatic N) is 3. The minimum Gasteiger partial charge on any atom is -0.318 e. The molecule has 1 aromatic heterocycles. The van der Waals surface area contributed by atoms with Gasteiger partial charge in [-0.05, 0) is 82.1 Å². The molecule has 7 nitrogen and oxygen atoms in total. The van der Waals surface area contributed by atoms with Crippen LogP contribution < -0.4 is 9.73 Å². The lowest BCUT2D eigenvalue weighted by Crippen LogP contribution is -2.40. The lowest BCUT2D eigenvalue weighted by atomic mass is 10.2. The number of amides is 1. The Balaban J connectivity index is 1.56.